The molecule has 0 bridgehead atoms. The molecule has 0 saturated heterocycles. The minimum Gasteiger partial charge on any atom is -0.332 e. The summed E-state index contributed by atoms with van der Waals surface area (Å²) in [6, 6.07) is 3.66. The molecule has 0 saturated carbocycles. The molecule has 3 aromatic rings. The van der Waals surface area contributed by atoms with E-state index in [-0.39, 0.29) is 0 Å². The molecule has 0 spiro atoms. The van der Waals surface area contributed by atoms with Crippen LogP contribution in [-0.2, 0) is 6.54 Å². The van der Waals surface area contributed by atoms with E-state index < -0.39 is 11.2 Å². The van der Waals surface area contributed by atoms with Gasteiger partial charge in [-0.05, 0) is 26.0 Å². The van der Waals surface area contributed by atoms with Crippen LogP contribution in [0.3, 0.4) is 0 Å². The van der Waals surface area contributed by atoms with E-state index in [9.17, 15) is 9.59 Å². The first kappa shape index (κ1) is 12.3. The number of H-pyrrole nitrogens is 2. The summed E-state index contributed by atoms with van der Waals surface area (Å²) in [7, 11) is 0. The van der Waals surface area contributed by atoms with Crippen molar-refractivity contribution in [2.75, 3.05) is 0 Å². The van der Waals surface area contributed by atoms with E-state index in [0.29, 0.717) is 23.5 Å². The number of hydrogen-bond acceptors (Lipinski definition) is 4. The van der Waals surface area contributed by atoms with Crippen LogP contribution in [0.2, 0.25) is 0 Å². The Hall–Kier alpha value is -2.70. The monoisotopic (exact) mass is 271 g/mol. The van der Waals surface area contributed by atoms with Crippen LogP contribution in [0, 0.1) is 6.92 Å². The Balaban J connectivity index is 2.33. The zero-order chi connectivity index (χ0) is 14.3. The lowest BCUT2D eigenvalue weighted by atomic mass is 10.2. The molecule has 0 aliphatic rings. The van der Waals surface area contributed by atoms with E-state index in [1.165, 1.54) is 4.57 Å². The van der Waals surface area contributed by atoms with Gasteiger partial charge in [0.2, 0.25) is 0 Å². The molecule has 0 aromatic carbocycles. The van der Waals surface area contributed by atoms with Crippen molar-refractivity contribution in [2.45, 2.75) is 20.4 Å². The molecule has 3 aromatic heterocycles. The van der Waals surface area contributed by atoms with Crippen LogP contribution in [0.5, 0.6) is 0 Å². The number of pyridine rings is 1. The molecule has 0 amide bonds. The SMILES string of the molecule is CCn1c(=O)[nH]c(=O)c2[nH]c(-c3ccnc(C)c3)nc21. The third-order valence-electron chi connectivity index (χ3n) is 3.12. The van der Waals surface area contributed by atoms with Crippen LogP contribution in [0.25, 0.3) is 22.6 Å². The van der Waals surface area contributed by atoms with Crippen molar-refractivity contribution < 1.29 is 0 Å². The zero-order valence-corrected chi connectivity index (χ0v) is 11.1. The van der Waals surface area contributed by atoms with Crippen LogP contribution < -0.4 is 11.2 Å². The Labute approximate surface area is 113 Å². The first-order chi connectivity index (χ1) is 9.60. The van der Waals surface area contributed by atoms with Crippen LogP contribution in [0.1, 0.15) is 12.6 Å². The fraction of sp³-hybridized carbons (Fsp3) is 0.231. The van der Waals surface area contributed by atoms with E-state index >= 15 is 0 Å². The van der Waals surface area contributed by atoms with Gasteiger partial charge in [0.15, 0.2) is 5.65 Å². The first-order valence-corrected chi connectivity index (χ1v) is 6.26. The lowest BCUT2D eigenvalue weighted by Crippen LogP contribution is -2.29. The van der Waals surface area contributed by atoms with Gasteiger partial charge in [-0.25, -0.2) is 9.78 Å². The number of aromatic nitrogens is 5. The summed E-state index contributed by atoms with van der Waals surface area (Å²) in [6.07, 6.45) is 1.68. The number of aryl methyl sites for hydroxylation is 2. The van der Waals surface area contributed by atoms with Crippen molar-refractivity contribution in [1.29, 1.82) is 0 Å². The van der Waals surface area contributed by atoms with Gasteiger partial charge >= 0.3 is 5.69 Å². The average molecular weight is 271 g/mol. The Kier molecular flexibility index (Phi) is 2.74. The van der Waals surface area contributed by atoms with E-state index in [1.54, 1.807) is 12.3 Å². The molecule has 3 heterocycles. The second-order valence-electron chi connectivity index (χ2n) is 4.47. The van der Waals surface area contributed by atoms with Gasteiger partial charge in [0.25, 0.3) is 5.56 Å². The van der Waals surface area contributed by atoms with E-state index in [2.05, 4.69) is 19.9 Å². The highest BCUT2D eigenvalue weighted by molar-refractivity contribution is 5.75. The quantitative estimate of drug-likeness (QED) is 0.720. The molecule has 0 atom stereocenters. The standard InChI is InChI=1S/C13H13N5O2/c1-3-18-11-9(12(19)17-13(18)20)15-10(16-11)8-4-5-14-7(2)6-8/h4-6H,3H2,1-2H3,(H,15,16)(H,17,19,20). The van der Waals surface area contributed by atoms with Crippen molar-refractivity contribution >= 4 is 11.2 Å². The molecule has 20 heavy (non-hydrogen) atoms. The second-order valence-corrected chi connectivity index (χ2v) is 4.47. The summed E-state index contributed by atoms with van der Waals surface area (Å²) in [5.74, 6) is 0.545. The van der Waals surface area contributed by atoms with Crippen molar-refractivity contribution in [3.63, 3.8) is 0 Å². The Bertz CT molecular complexity index is 903. The summed E-state index contributed by atoms with van der Waals surface area (Å²) in [6.45, 7) is 4.14. The van der Waals surface area contributed by atoms with Crippen molar-refractivity contribution in [2.24, 2.45) is 0 Å². The molecule has 7 heteroatoms. The number of hydrogen-bond donors (Lipinski definition) is 2. The molecule has 0 unspecified atom stereocenters. The van der Waals surface area contributed by atoms with Gasteiger partial charge < -0.3 is 4.98 Å². The number of rotatable bonds is 2. The number of aromatic amines is 2. The van der Waals surface area contributed by atoms with Gasteiger partial charge in [0, 0.05) is 24.0 Å². The normalized spacial score (nSPS) is 11.1. The van der Waals surface area contributed by atoms with Crippen LogP contribution in [-0.4, -0.2) is 24.5 Å². The third kappa shape index (κ3) is 1.83. The molecule has 102 valence electrons. The molecular formula is C13H13N5O2. The highest BCUT2D eigenvalue weighted by atomic mass is 16.2. The van der Waals surface area contributed by atoms with Gasteiger partial charge in [0.1, 0.15) is 11.3 Å². The number of nitrogens with one attached hydrogen (secondary N) is 2. The fourth-order valence-corrected chi connectivity index (χ4v) is 2.16. The summed E-state index contributed by atoms with van der Waals surface area (Å²) < 4.78 is 1.42. The average Bonchev–Trinajstić information content (AvgIpc) is 2.84. The molecule has 7 nitrogen and oxygen atoms in total. The van der Waals surface area contributed by atoms with Crippen molar-refractivity contribution in [3.05, 3.63) is 44.9 Å². The van der Waals surface area contributed by atoms with Crippen molar-refractivity contribution in [3.8, 4) is 11.4 Å². The van der Waals surface area contributed by atoms with Crippen LogP contribution in [0.15, 0.2) is 27.9 Å². The van der Waals surface area contributed by atoms with Gasteiger partial charge in [-0.1, -0.05) is 0 Å². The van der Waals surface area contributed by atoms with Gasteiger partial charge in [0.05, 0.1) is 0 Å². The van der Waals surface area contributed by atoms with E-state index in [0.717, 1.165) is 11.3 Å². The molecule has 0 aliphatic carbocycles. The predicted octanol–water partition coefficient (Wildman–Crippen LogP) is 0.803. The van der Waals surface area contributed by atoms with Gasteiger partial charge in [-0.15, -0.1) is 0 Å². The third-order valence-corrected chi connectivity index (χ3v) is 3.12. The molecule has 2 N–H and O–H groups in total. The van der Waals surface area contributed by atoms with Crippen LogP contribution >= 0.6 is 0 Å². The lowest BCUT2D eigenvalue weighted by Gasteiger charge is -1.99. The lowest BCUT2D eigenvalue weighted by molar-refractivity contribution is 0.720. The molecule has 0 aliphatic heterocycles. The second kappa shape index (κ2) is 4.44. The maximum absolute atomic E-state index is 11.8. The summed E-state index contributed by atoms with van der Waals surface area (Å²) in [5.41, 5.74) is 1.43. The Morgan fingerprint density at radius 2 is 2.10 bits per heavy atom. The Morgan fingerprint density at radius 3 is 2.80 bits per heavy atom. The smallest absolute Gasteiger partial charge is 0.330 e. The predicted molar refractivity (Wildman–Crippen MR) is 74.6 cm³/mol. The highest BCUT2D eigenvalue weighted by Gasteiger charge is 2.13. The van der Waals surface area contributed by atoms with E-state index in [4.69, 9.17) is 0 Å². The van der Waals surface area contributed by atoms with Crippen molar-refractivity contribution in [1.82, 2.24) is 24.5 Å². The molecule has 3 rings (SSSR count). The van der Waals surface area contributed by atoms with E-state index in [1.807, 2.05) is 19.9 Å². The highest BCUT2D eigenvalue weighted by Crippen LogP contribution is 2.18. The Morgan fingerprint density at radius 1 is 1.30 bits per heavy atom. The number of imidazole rings is 1. The zero-order valence-electron chi connectivity index (χ0n) is 11.1. The maximum Gasteiger partial charge on any atom is 0.330 e. The number of fused-ring (bicyclic) bond motifs is 1. The minimum atomic E-state index is -0.459. The number of nitrogens with zero attached hydrogens (tertiary/aromatic N) is 3. The summed E-state index contributed by atoms with van der Waals surface area (Å²) >= 11 is 0. The van der Waals surface area contributed by atoms with Gasteiger partial charge in [-0.3, -0.25) is 19.3 Å². The maximum atomic E-state index is 11.8. The van der Waals surface area contributed by atoms with Gasteiger partial charge in [-0.2, -0.15) is 0 Å². The molecule has 0 radical (unpaired) electrons. The largest absolute Gasteiger partial charge is 0.332 e. The minimum absolute atomic E-state index is 0.302. The summed E-state index contributed by atoms with van der Waals surface area (Å²) in [4.78, 5) is 37.3. The topological polar surface area (TPSA) is 96.4 Å². The molecular weight excluding hydrogens is 258 g/mol. The van der Waals surface area contributed by atoms with Crippen LogP contribution in [0.4, 0.5) is 0 Å². The fourth-order valence-electron chi connectivity index (χ4n) is 2.16. The molecule has 0 fully saturated rings. The first-order valence-electron chi connectivity index (χ1n) is 6.26. The summed E-state index contributed by atoms with van der Waals surface area (Å²) in [5, 5.41) is 0.